The minimum Gasteiger partial charge on any atom is -0.496 e. The zero-order chi connectivity index (χ0) is 22.9. The highest BCUT2D eigenvalue weighted by atomic mass is 32.1. The molecule has 2 heterocycles. The monoisotopic (exact) mass is 453 g/mol. The molecule has 2 aromatic carbocycles. The number of primary amides is 1. The summed E-state index contributed by atoms with van der Waals surface area (Å²) in [7, 11) is 1.68. The largest absolute Gasteiger partial charge is 0.496 e. The van der Waals surface area contributed by atoms with E-state index >= 15 is 0 Å². The van der Waals surface area contributed by atoms with Gasteiger partial charge in [-0.1, -0.05) is 24.7 Å². The Bertz CT molecular complexity index is 1140. The third-order valence-electron chi connectivity index (χ3n) is 5.65. The molecule has 3 aromatic rings. The van der Waals surface area contributed by atoms with Crippen LogP contribution in [-0.4, -0.2) is 29.8 Å². The third kappa shape index (κ3) is 4.02. The van der Waals surface area contributed by atoms with Gasteiger partial charge in [-0.25, -0.2) is 0 Å². The molecule has 32 heavy (non-hydrogen) atoms. The molecule has 0 spiro atoms. The maximum absolute atomic E-state index is 11.6. The van der Waals surface area contributed by atoms with Crippen molar-refractivity contribution in [2.75, 3.05) is 13.7 Å². The second kappa shape index (κ2) is 8.78. The Labute approximate surface area is 191 Å². The van der Waals surface area contributed by atoms with Crippen molar-refractivity contribution in [1.82, 2.24) is 10.2 Å². The van der Waals surface area contributed by atoms with Crippen LogP contribution in [0.15, 0.2) is 30.3 Å². The number of nitrogens with zero attached hydrogens (tertiary/aromatic N) is 2. The molecule has 7 nitrogen and oxygen atoms in total. The lowest BCUT2D eigenvalue weighted by atomic mass is 9.96. The zero-order valence-electron chi connectivity index (χ0n) is 18.7. The first kappa shape index (κ1) is 22.1. The number of carbonyl (C=O) groups is 1. The van der Waals surface area contributed by atoms with Gasteiger partial charge in [0.2, 0.25) is 5.91 Å². The smallest absolute Gasteiger partial charge is 0.248 e. The van der Waals surface area contributed by atoms with E-state index in [-0.39, 0.29) is 0 Å². The van der Waals surface area contributed by atoms with E-state index in [1.54, 1.807) is 25.3 Å². The van der Waals surface area contributed by atoms with Gasteiger partial charge in [-0.2, -0.15) is 0 Å². The normalized spacial score (nSPS) is 17.2. The van der Waals surface area contributed by atoms with Crippen LogP contribution >= 0.6 is 11.3 Å². The highest BCUT2D eigenvalue weighted by molar-refractivity contribution is 7.14. The van der Waals surface area contributed by atoms with Crippen molar-refractivity contribution in [3.05, 3.63) is 52.0 Å². The number of carbonyl (C=O) groups excluding carboxylic acids is 1. The Kier molecular flexibility index (Phi) is 6.06. The molecule has 8 heteroatoms. The maximum Gasteiger partial charge on any atom is 0.248 e. The summed E-state index contributed by atoms with van der Waals surface area (Å²) in [5.41, 5.74) is 8.14. The summed E-state index contributed by atoms with van der Waals surface area (Å²) < 4.78 is 18.0. The Morgan fingerprint density at radius 1 is 1.19 bits per heavy atom. The SMILES string of the molecule is CCCCC1(c2nnc(-c3cc(C)c(OC)c(C)c3)s2)COc2ccc(C(N)=O)cc2O1. The number of hydrogen-bond donors (Lipinski definition) is 1. The second-order valence-electron chi connectivity index (χ2n) is 8.07. The van der Waals surface area contributed by atoms with Crippen molar-refractivity contribution in [2.24, 2.45) is 5.73 Å². The van der Waals surface area contributed by atoms with Crippen molar-refractivity contribution >= 4 is 17.2 Å². The Hall–Kier alpha value is -3.13. The van der Waals surface area contributed by atoms with Crippen LogP contribution in [0.25, 0.3) is 10.6 Å². The Balaban J connectivity index is 1.72. The van der Waals surface area contributed by atoms with Gasteiger partial charge in [0.1, 0.15) is 17.4 Å². The van der Waals surface area contributed by atoms with Gasteiger partial charge >= 0.3 is 0 Å². The highest BCUT2D eigenvalue weighted by Crippen LogP contribution is 2.44. The number of rotatable bonds is 7. The Morgan fingerprint density at radius 3 is 2.59 bits per heavy atom. The molecule has 0 bridgehead atoms. The van der Waals surface area contributed by atoms with Crippen LogP contribution in [0, 0.1) is 13.8 Å². The first-order chi connectivity index (χ1) is 15.4. The number of nitrogens with two attached hydrogens (primary N) is 1. The molecular formula is C24H27N3O4S. The van der Waals surface area contributed by atoms with E-state index < -0.39 is 11.5 Å². The van der Waals surface area contributed by atoms with Crippen LogP contribution in [0.4, 0.5) is 0 Å². The average Bonchev–Trinajstić information content (AvgIpc) is 3.28. The number of fused-ring (bicyclic) bond motifs is 1. The van der Waals surface area contributed by atoms with Crippen LogP contribution in [0.1, 0.15) is 52.7 Å². The maximum atomic E-state index is 11.6. The number of methoxy groups -OCH3 is 1. The second-order valence-corrected chi connectivity index (χ2v) is 9.05. The van der Waals surface area contributed by atoms with E-state index in [0.29, 0.717) is 23.7 Å². The van der Waals surface area contributed by atoms with Gasteiger partial charge in [0, 0.05) is 11.1 Å². The number of aromatic nitrogens is 2. The molecule has 1 aliphatic rings. The lowest BCUT2D eigenvalue weighted by Gasteiger charge is -2.36. The summed E-state index contributed by atoms with van der Waals surface area (Å²) in [5.74, 6) is 1.46. The van der Waals surface area contributed by atoms with Gasteiger partial charge in [-0.15, -0.1) is 10.2 Å². The molecule has 1 unspecified atom stereocenters. The van der Waals surface area contributed by atoms with Crippen LogP contribution in [0.3, 0.4) is 0 Å². The molecular weight excluding hydrogens is 426 g/mol. The fraction of sp³-hybridized carbons (Fsp3) is 0.375. The van der Waals surface area contributed by atoms with Crippen molar-refractivity contribution in [1.29, 1.82) is 0 Å². The van der Waals surface area contributed by atoms with Gasteiger partial charge in [0.25, 0.3) is 0 Å². The van der Waals surface area contributed by atoms with E-state index in [1.165, 1.54) is 11.3 Å². The number of unbranched alkanes of at least 4 members (excludes halogenated alkanes) is 1. The predicted molar refractivity (Wildman–Crippen MR) is 124 cm³/mol. The van der Waals surface area contributed by atoms with Crippen molar-refractivity contribution in [3.63, 3.8) is 0 Å². The molecule has 0 radical (unpaired) electrons. The van der Waals surface area contributed by atoms with E-state index in [2.05, 4.69) is 29.3 Å². The standard InChI is InChI=1S/C24H27N3O4S/c1-5-6-9-24(13-30-18-8-7-16(21(25)28)12-19(18)31-24)23-27-26-22(32-23)17-10-14(2)20(29-4)15(3)11-17/h7-8,10-12H,5-6,9,13H2,1-4H3,(H2,25,28). The van der Waals surface area contributed by atoms with Gasteiger partial charge < -0.3 is 19.9 Å². The first-order valence-electron chi connectivity index (χ1n) is 10.6. The fourth-order valence-corrected chi connectivity index (χ4v) is 4.98. The molecule has 168 valence electrons. The summed E-state index contributed by atoms with van der Waals surface area (Å²) >= 11 is 1.50. The lowest BCUT2D eigenvalue weighted by molar-refractivity contribution is -0.0219. The summed E-state index contributed by atoms with van der Waals surface area (Å²) in [6.07, 6.45) is 2.66. The zero-order valence-corrected chi connectivity index (χ0v) is 19.5. The fourth-order valence-electron chi connectivity index (χ4n) is 4.01. The molecule has 1 amide bonds. The van der Waals surface area contributed by atoms with E-state index in [9.17, 15) is 4.79 Å². The van der Waals surface area contributed by atoms with Gasteiger partial charge in [-0.05, 0) is 68.1 Å². The highest BCUT2D eigenvalue weighted by Gasteiger charge is 2.43. The molecule has 2 N–H and O–H groups in total. The van der Waals surface area contributed by atoms with Gasteiger partial charge in [-0.3, -0.25) is 4.79 Å². The summed E-state index contributed by atoms with van der Waals surface area (Å²) in [4.78, 5) is 11.6. The van der Waals surface area contributed by atoms with Crippen molar-refractivity contribution < 1.29 is 19.0 Å². The van der Waals surface area contributed by atoms with Crippen LogP contribution in [-0.2, 0) is 5.60 Å². The van der Waals surface area contributed by atoms with E-state index in [1.807, 2.05) is 13.8 Å². The van der Waals surface area contributed by atoms with Gasteiger partial charge in [0.15, 0.2) is 22.1 Å². The molecule has 0 saturated carbocycles. The number of amides is 1. The van der Waals surface area contributed by atoms with Crippen LogP contribution in [0.5, 0.6) is 17.2 Å². The van der Waals surface area contributed by atoms with Crippen LogP contribution < -0.4 is 19.9 Å². The first-order valence-corrected chi connectivity index (χ1v) is 11.4. The minimum atomic E-state index is -0.772. The van der Waals surface area contributed by atoms with Crippen molar-refractivity contribution in [2.45, 2.75) is 45.6 Å². The number of benzene rings is 2. The topological polar surface area (TPSA) is 96.6 Å². The summed E-state index contributed by atoms with van der Waals surface area (Å²) in [5, 5.41) is 10.5. The molecule has 0 saturated heterocycles. The molecule has 1 atom stereocenters. The van der Waals surface area contributed by atoms with E-state index in [4.69, 9.17) is 19.9 Å². The minimum absolute atomic E-state index is 0.325. The van der Waals surface area contributed by atoms with Gasteiger partial charge in [0.05, 0.1) is 7.11 Å². The summed E-state index contributed by atoms with van der Waals surface area (Å²) in [6, 6.07) is 9.10. The molecule has 1 aromatic heterocycles. The van der Waals surface area contributed by atoms with Crippen molar-refractivity contribution in [3.8, 4) is 27.8 Å². The third-order valence-corrected chi connectivity index (χ3v) is 6.81. The van der Waals surface area contributed by atoms with E-state index in [0.717, 1.165) is 51.7 Å². The number of ether oxygens (including phenoxy) is 3. The summed E-state index contributed by atoms with van der Waals surface area (Å²) in [6.45, 7) is 6.49. The number of hydrogen-bond acceptors (Lipinski definition) is 7. The van der Waals surface area contributed by atoms with Crippen LogP contribution in [0.2, 0.25) is 0 Å². The quantitative estimate of drug-likeness (QED) is 0.553. The average molecular weight is 454 g/mol. The molecule has 4 rings (SSSR count). The lowest BCUT2D eigenvalue weighted by Crippen LogP contribution is -2.42. The Morgan fingerprint density at radius 2 is 1.94 bits per heavy atom. The molecule has 1 aliphatic heterocycles. The molecule has 0 aliphatic carbocycles. The predicted octanol–water partition coefficient (Wildman–Crippen LogP) is 4.79. The molecule has 0 fully saturated rings. The number of aryl methyl sites for hydroxylation is 2.